The second kappa shape index (κ2) is 5.39. The van der Waals surface area contributed by atoms with Crippen molar-refractivity contribution in [3.63, 3.8) is 0 Å². The van der Waals surface area contributed by atoms with Gasteiger partial charge in [-0.15, -0.1) is 0 Å². The number of nitrogens with one attached hydrogen (secondary N) is 1. The number of hydrogen-bond donors (Lipinski definition) is 2. The molecule has 0 fully saturated rings. The van der Waals surface area contributed by atoms with Gasteiger partial charge in [0.15, 0.2) is 0 Å². The molecule has 5 heteroatoms. The summed E-state index contributed by atoms with van der Waals surface area (Å²) in [4.78, 5) is 10.7. The van der Waals surface area contributed by atoms with E-state index in [0.29, 0.717) is 11.4 Å². The van der Waals surface area contributed by atoms with Gasteiger partial charge in [-0.3, -0.25) is 0 Å². The van der Waals surface area contributed by atoms with Crippen LogP contribution in [0.5, 0.6) is 5.75 Å². The van der Waals surface area contributed by atoms with Crippen molar-refractivity contribution in [2.24, 2.45) is 0 Å². The third-order valence-electron chi connectivity index (χ3n) is 2.59. The SMILES string of the molecule is COc1ccc(Nc2ccc(C(=O)O)cc2F)cc1. The third-order valence-corrected chi connectivity index (χ3v) is 2.59. The Morgan fingerprint density at radius 2 is 1.89 bits per heavy atom. The van der Waals surface area contributed by atoms with Crippen LogP contribution < -0.4 is 10.1 Å². The van der Waals surface area contributed by atoms with Crippen molar-refractivity contribution < 1.29 is 19.0 Å². The molecule has 4 nitrogen and oxygen atoms in total. The molecular formula is C14H12FNO3. The van der Waals surface area contributed by atoms with Crippen LogP contribution >= 0.6 is 0 Å². The first kappa shape index (κ1) is 12.9. The zero-order valence-electron chi connectivity index (χ0n) is 10.2. The molecule has 2 rings (SSSR count). The predicted octanol–water partition coefficient (Wildman–Crippen LogP) is 3.28. The van der Waals surface area contributed by atoms with Gasteiger partial charge in [-0.1, -0.05) is 0 Å². The summed E-state index contributed by atoms with van der Waals surface area (Å²) in [6.07, 6.45) is 0. The van der Waals surface area contributed by atoms with E-state index < -0.39 is 11.8 Å². The van der Waals surface area contributed by atoms with Gasteiger partial charge in [0.2, 0.25) is 0 Å². The van der Waals surface area contributed by atoms with Crippen LogP contribution in [0.15, 0.2) is 42.5 Å². The molecule has 0 heterocycles. The minimum atomic E-state index is -1.16. The van der Waals surface area contributed by atoms with Gasteiger partial charge < -0.3 is 15.2 Å². The molecule has 98 valence electrons. The number of ether oxygens (including phenoxy) is 1. The molecule has 0 saturated carbocycles. The molecule has 0 unspecified atom stereocenters. The molecule has 0 amide bonds. The van der Waals surface area contributed by atoms with E-state index in [-0.39, 0.29) is 11.3 Å². The standard InChI is InChI=1S/C14H12FNO3/c1-19-11-5-3-10(4-6-11)16-13-7-2-9(14(17)18)8-12(13)15/h2-8,16H,1H3,(H,17,18). The van der Waals surface area contributed by atoms with E-state index in [1.54, 1.807) is 31.4 Å². The molecule has 19 heavy (non-hydrogen) atoms. The molecule has 0 aliphatic carbocycles. The van der Waals surface area contributed by atoms with Crippen molar-refractivity contribution >= 4 is 17.3 Å². The lowest BCUT2D eigenvalue weighted by molar-refractivity contribution is 0.0696. The van der Waals surface area contributed by atoms with Crippen LogP contribution in [-0.4, -0.2) is 18.2 Å². The third kappa shape index (κ3) is 3.01. The van der Waals surface area contributed by atoms with Crippen LogP contribution in [0.1, 0.15) is 10.4 Å². The maximum absolute atomic E-state index is 13.7. The van der Waals surface area contributed by atoms with Crippen molar-refractivity contribution in [1.82, 2.24) is 0 Å². The molecule has 0 radical (unpaired) electrons. The highest BCUT2D eigenvalue weighted by molar-refractivity contribution is 5.88. The molecule has 2 N–H and O–H groups in total. The average molecular weight is 261 g/mol. The minimum Gasteiger partial charge on any atom is -0.497 e. The lowest BCUT2D eigenvalue weighted by Crippen LogP contribution is -1.99. The summed E-state index contributed by atoms with van der Waals surface area (Å²) in [6, 6.07) is 10.7. The molecule has 0 aliphatic rings. The van der Waals surface area contributed by atoms with Crippen molar-refractivity contribution in [2.75, 3.05) is 12.4 Å². The highest BCUT2D eigenvalue weighted by atomic mass is 19.1. The highest BCUT2D eigenvalue weighted by Crippen LogP contribution is 2.22. The zero-order chi connectivity index (χ0) is 13.8. The van der Waals surface area contributed by atoms with E-state index in [9.17, 15) is 9.18 Å². The van der Waals surface area contributed by atoms with Crippen molar-refractivity contribution in [1.29, 1.82) is 0 Å². The van der Waals surface area contributed by atoms with Gasteiger partial charge in [0.25, 0.3) is 0 Å². The number of carbonyl (C=O) groups is 1. The van der Waals surface area contributed by atoms with Gasteiger partial charge in [-0.2, -0.15) is 0 Å². The van der Waals surface area contributed by atoms with Crippen LogP contribution in [0, 0.1) is 5.82 Å². The first-order valence-corrected chi connectivity index (χ1v) is 5.54. The number of carboxylic acid groups (broad SMARTS) is 1. The Morgan fingerprint density at radius 1 is 1.21 bits per heavy atom. The summed E-state index contributed by atoms with van der Waals surface area (Å²) in [5, 5.41) is 11.6. The monoisotopic (exact) mass is 261 g/mol. The van der Waals surface area contributed by atoms with Gasteiger partial charge in [0.05, 0.1) is 18.4 Å². The number of benzene rings is 2. The largest absolute Gasteiger partial charge is 0.497 e. The first-order valence-electron chi connectivity index (χ1n) is 5.54. The van der Waals surface area contributed by atoms with Gasteiger partial charge >= 0.3 is 5.97 Å². The predicted molar refractivity (Wildman–Crippen MR) is 69.6 cm³/mol. The summed E-state index contributed by atoms with van der Waals surface area (Å²) < 4.78 is 18.7. The Bertz CT molecular complexity index is 596. The number of methoxy groups -OCH3 is 1. The normalized spacial score (nSPS) is 10.0. The Kier molecular flexibility index (Phi) is 3.66. The summed E-state index contributed by atoms with van der Waals surface area (Å²) in [5.41, 5.74) is 0.815. The summed E-state index contributed by atoms with van der Waals surface area (Å²) >= 11 is 0. The van der Waals surface area contributed by atoms with E-state index in [2.05, 4.69) is 5.32 Å². The second-order valence-corrected chi connectivity index (χ2v) is 3.85. The molecule has 0 saturated heterocycles. The Morgan fingerprint density at radius 3 is 2.42 bits per heavy atom. The van der Waals surface area contributed by atoms with Crippen molar-refractivity contribution in [2.45, 2.75) is 0 Å². The van der Waals surface area contributed by atoms with Gasteiger partial charge in [0, 0.05) is 5.69 Å². The summed E-state index contributed by atoms with van der Waals surface area (Å²) in [7, 11) is 1.56. The Balaban J connectivity index is 2.20. The number of hydrogen-bond acceptors (Lipinski definition) is 3. The fourth-order valence-electron chi connectivity index (χ4n) is 1.58. The highest BCUT2D eigenvalue weighted by Gasteiger charge is 2.08. The van der Waals surface area contributed by atoms with E-state index in [1.807, 2.05) is 0 Å². The molecule has 0 atom stereocenters. The molecule has 0 aromatic heterocycles. The number of rotatable bonds is 4. The van der Waals surface area contributed by atoms with E-state index in [1.165, 1.54) is 12.1 Å². The van der Waals surface area contributed by atoms with Crippen molar-refractivity contribution in [3.05, 3.63) is 53.8 Å². The topological polar surface area (TPSA) is 58.6 Å². The lowest BCUT2D eigenvalue weighted by Gasteiger charge is -2.08. The fraction of sp³-hybridized carbons (Fsp3) is 0.0714. The Labute approximate surface area is 109 Å². The van der Waals surface area contributed by atoms with Crippen LogP contribution in [0.2, 0.25) is 0 Å². The fourth-order valence-corrected chi connectivity index (χ4v) is 1.58. The maximum Gasteiger partial charge on any atom is 0.335 e. The average Bonchev–Trinajstić information content (AvgIpc) is 2.41. The van der Waals surface area contributed by atoms with Gasteiger partial charge in [-0.05, 0) is 42.5 Å². The molecule has 0 bridgehead atoms. The quantitative estimate of drug-likeness (QED) is 0.886. The van der Waals surface area contributed by atoms with E-state index in [4.69, 9.17) is 9.84 Å². The lowest BCUT2D eigenvalue weighted by atomic mass is 10.2. The molecule has 2 aromatic rings. The number of halogens is 1. The summed E-state index contributed by atoms with van der Waals surface area (Å²) in [6.45, 7) is 0. The summed E-state index contributed by atoms with van der Waals surface area (Å²) in [5.74, 6) is -1.07. The van der Waals surface area contributed by atoms with Crippen LogP contribution in [0.3, 0.4) is 0 Å². The first-order chi connectivity index (χ1) is 9.10. The van der Waals surface area contributed by atoms with E-state index >= 15 is 0 Å². The minimum absolute atomic E-state index is 0.0854. The zero-order valence-corrected chi connectivity index (χ0v) is 10.2. The maximum atomic E-state index is 13.7. The Hall–Kier alpha value is -2.56. The van der Waals surface area contributed by atoms with E-state index in [0.717, 1.165) is 6.07 Å². The molecular weight excluding hydrogens is 249 g/mol. The van der Waals surface area contributed by atoms with Gasteiger partial charge in [0.1, 0.15) is 11.6 Å². The van der Waals surface area contributed by atoms with Crippen molar-refractivity contribution in [3.8, 4) is 5.75 Å². The smallest absolute Gasteiger partial charge is 0.335 e. The molecule has 0 aliphatic heterocycles. The van der Waals surface area contributed by atoms with Crippen LogP contribution in [0.25, 0.3) is 0 Å². The van der Waals surface area contributed by atoms with Crippen LogP contribution in [-0.2, 0) is 0 Å². The molecule has 0 spiro atoms. The number of aromatic carboxylic acids is 1. The number of carboxylic acids is 1. The second-order valence-electron chi connectivity index (χ2n) is 3.85. The van der Waals surface area contributed by atoms with Gasteiger partial charge in [-0.25, -0.2) is 9.18 Å². The molecule has 2 aromatic carbocycles. The van der Waals surface area contributed by atoms with Crippen LogP contribution in [0.4, 0.5) is 15.8 Å². The number of anilines is 2.